The Balaban J connectivity index is 0.00000121. The summed E-state index contributed by atoms with van der Waals surface area (Å²) in [5, 5.41) is 2.32. The molecular formula is C7H8NO3Rf-. The molecule has 1 aliphatic heterocycles. The molecule has 1 heterocycles. The van der Waals surface area contributed by atoms with Crippen molar-refractivity contribution in [3.63, 3.8) is 0 Å². The summed E-state index contributed by atoms with van der Waals surface area (Å²) in [6, 6.07) is 0. The van der Waals surface area contributed by atoms with Gasteiger partial charge in [0.1, 0.15) is 5.91 Å². The Morgan fingerprint density at radius 3 is 2.67 bits per heavy atom. The Kier molecular flexibility index (Phi) is 3.03. The predicted molar refractivity (Wildman–Crippen MR) is 36.1 cm³/mol. The van der Waals surface area contributed by atoms with Gasteiger partial charge in [-0.2, -0.15) is 0 Å². The minimum Gasteiger partial charge on any atom is -0.522 e. The van der Waals surface area contributed by atoms with Crippen molar-refractivity contribution >= 4 is 11.9 Å². The van der Waals surface area contributed by atoms with Crippen LogP contribution in [0.2, 0.25) is 0 Å². The van der Waals surface area contributed by atoms with Gasteiger partial charge in [-0.3, -0.25) is 0 Å². The van der Waals surface area contributed by atoms with E-state index in [9.17, 15) is 9.59 Å². The van der Waals surface area contributed by atoms with E-state index in [1.807, 2.05) is 0 Å². The zero-order valence-electron chi connectivity index (χ0n) is 6.85. The van der Waals surface area contributed by atoms with Crippen molar-refractivity contribution in [2.24, 2.45) is 0 Å². The first-order chi connectivity index (χ1) is 5.24. The molecule has 0 saturated carbocycles. The smallest absolute Gasteiger partial charge is 0.228 e. The quantitative estimate of drug-likeness (QED) is 0.470. The fourth-order valence-electron chi connectivity index (χ4n) is 0.785. The first-order valence-corrected chi connectivity index (χ1v) is 3.23. The van der Waals surface area contributed by atoms with Gasteiger partial charge in [-0.05, 0) is 12.8 Å². The van der Waals surface area contributed by atoms with Crippen LogP contribution in [0.5, 0.6) is 0 Å². The molecule has 0 saturated heterocycles. The maximum atomic E-state index is 10.8. The summed E-state index contributed by atoms with van der Waals surface area (Å²) < 4.78 is 4.44. The monoisotopic (exact) mass is 421 g/mol. The van der Waals surface area contributed by atoms with Gasteiger partial charge in [0.2, 0.25) is 5.97 Å². The molecule has 4 nitrogen and oxygen atoms in total. The summed E-state index contributed by atoms with van der Waals surface area (Å²) in [6.45, 7) is 0. The van der Waals surface area contributed by atoms with Gasteiger partial charge in [0.05, 0.1) is 7.11 Å². The fraction of sp³-hybridized carbons (Fsp3) is 0.429. The summed E-state index contributed by atoms with van der Waals surface area (Å²) in [5.41, 5.74) is 0.395. The van der Waals surface area contributed by atoms with Crippen LogP contribution in [0.4, 0.5) is 0 Å². The molecule has 5 heteroatoms. The zero-order valence-corrected chi connectivity index (χ0v) is 13.2. The zero-order chi connectivity index (χ0) is 8.27. The summed E-state index contributed by atoms with van der Waals surface area (Å²) in [4.78, 5) is 21.4. The van der Waals surface area contributed by atoms with Gasteiger partial charge in [0.25, 0.3) is 0 Å². The molecule has 0 radical (unpaired) electrons. The first-order valence-electron chi connectivity index (χ1n) is 3.23. The third-order valence-corrected chi connectivity index (χ3v) is 1.39. The van der Waals surface area contributed by atoms with E-state index < -0.39 is 5.97 Å². The Hall–Kier alpha value is -2.32. The summed E-state index contributed by atoms with van der Waals surface area (Å²) in [6.07, 6.45) is 3.21. The molecule has 0 unspecified atom stereocenters. The van der Waals surface area contributed by atoms with E-state index >= 15 is 0 Å². The van der Waals surface area contributed by atoms with Crippen LogP contribution in [0.25, 0.3) is 0 Å². The number of ether oxygens (including phenoxy) is 1. The van der Waals surface area contributed by atoms with Gasteiger partial charge in [-0.1, -0.05) is 11.8 Å². The maximum absolute atomic E-state index is 10.8. The van der Waals surface area contributed by atoms with E-state index in [0.29, 0.717) is 18.4 Å². The number of hydrogen-bond acceptors (Lipinski definition) is 3. The molecule has 62 valence electrons. The molecule has 0 spiro atoms. The van der Waals surface area contributed by atoms with E-state index in [-0.39, 0.29) is 5.91 Å². The molecule has 0 aromatic heterocycles. The molecule has 0 bridgehead atoms. The van der Waals surface area contributed by atoms with Gasteiger partial charge in [0.15, 0.2) is 0 Å². The van der Waals surface area contributed by atoms with Crippen LogP contribution in [0.1, 0.15) is 12.8 Å². The number of carbonyl (C=O) groups is 2. The number of amides is 1. The van der Waals surface area contributed by atoms with E-state index in [2.05, 4.69) is 16.3 Å². The Morgan fingerprint density at radius 2 is 2.25 bits per heavy atom. The number of esters is 1. The molecule has 0 atom stereocenters. The average molecular weight is 421 g/mol. The minimum atomic E-state index is -0.426. The fourth-order valence-corrected chi connectivity index (χ4v) is 0.785. The van der Waals surface area contributed by atoms with E-state index in [1.165, 1.54) is 7.11 Å². The normalized spacial score (nSPS) is 15.4. The minimum absolute atomic E-state index is 0. The van der Waals surface area contributed by atoms with Crippen molar-refractivity contribution in [2.45, 2.75) is 12.8 Å². The summed E-state index contributed by atoms with van der Waals surface area (Å²) in [7, 11) is 1.30. The number of carbonyl (C=O) groups excluding carboxylic acids is 2. The molecule has 0 aromatic carbocycles. The Bertz CT molecular complexity index is 225. The SMILES string of the molecule is COC(=O)C1=[C-]NC(=O)CC1.[Rf]. The van der Waals surface area contributed by atoms with Crippen molar-refractivity contribution < 1.29 is 14.3 Å². The number of nitrogens with one attached hydrogen (secondary N) is 1. The average Bonchev–Trinajstić information content (AvgIpc) is 2.05. The van der Waals surface area contributed by atoms with E-state index in [1.54, 1.807) is 0 Å². The maximum Gasteiger partial charge on any atom is 0.228 e. The van der Waals surface area contributed by atoms with Crippen molar-refractivity contribution in [3.8, 4) is 0 Å². The van der Waals surface area contributed by atoms with Gasteiger partial charge >= 0.3 is 0 Å². The number of hydrogen-bond donors (Lipinski definition) is 1. The van der Waals surface area contributed by atoms with Crippen LogP contribution < -0.4 is 5.32 Å². The standard InChI is InChI=1S/C7H8NO3.Rf/c1-11-7(10)5-2-3-6(9)8-4-5;/h2-3H2,1H3,(H,8,9);/q-1;. The van der Waals surface area contributed by atoms with E-state index in [0.717, 1.165) is 0 Å². The second-order valence-electron chi connectivity index (χ2n) is 2.14. The molecule has 1 N–H and O–H groups in total. The summed E-state index contributed by atoms with van der Waals surface area (Å²) in [5.74, 6) is -0.539. The van der Waals surface area contributed by atoms with Crippen molar-refractivity contribution in [2.75, 3.05) is 7.11 Å². The topological polar surface area (TPSA) is 55.4 Å². The van der Waals surface area contributed by atoms with Crippen LogP contribution in [0.3, 0.4) is 0 Å². The second-order valence-corrected chi connectivity index (χ2v) is 2.14. The van der Waals surface area contributed by atoms with Crippen LogP contribution >= 0.6 is 0 Å². The third-order valence-electron chi connectivity index (χ3n) is 1.39. The molecular weight excluding hydrogens is 413 g/mol. The van der Waals surface area contributed by atoms with Crippen LogP contribution in [0, 0.1) is 6.20 Å². The van der Waals surface area contributed by atoms with Crippen molar-refractivity contribution in [1.82, 2.24) is 5.32 Å². The van der Waals surface area contributed by atoms with Crippen LogP contribution in [-0.2, 0) is 14.3 Å². The molecule has 12 heavy (non-hydrogen) atoms. The number of rotatable bonds is 1. The van der Waals surface area contributed by atoms with Gasteiger partial charge in [0, 0.05) is 0 Å². The van der Waals surface area contributed by atoms with Gasteiger partial charge < -0.3 is 19.6 Å². The molecule has 1 rings (SSSR count). The Labute approximate surface area is 64.2 Å². The second kappa shape index (κ2) is 3.75. The van der Waals surface area contributed by atoms with Crippen LogP contribution in [0.15, 0.2) is 5.57 Å². The number of methoxy groups -OCH3 is 1. The predicted octanol–water partition coefficient (Wildman–Crippen LogP) is -0.244. The first kappa shape index (κ1) is 9.68. The third kappa shape index (κ3) is 1.83. The van der Waals surface area contributed by atoms with Gasteiger partial charge in [-0.15, -0.1) is 0 Å². The van der Waals surface area contributed by atoms with Crippen molar-refractivity contribution in [1.29, 1.82) is 0 Å². The Morgan fingerprint density at radius 1 is 1.58 bits per heavy atom. The molecule has 1 amide bonds. The molecule has 0 aromatic rings. The van der Waals surface area contributed by atoms with Gasteiger partial charge in [-0.25, -0.2) is 0 Å². The van der Waals surface area contributed by atoms with Crippen molar-refractivity contribution in [3.05, 3.63) is 11.8 Å². The van der Waals surface area contributed by atoms with E-state index in [4.69, 9.17) is 0 Å². The molecule has 1 aliphatic rings. The molecule has 0 aliphatic carbocycles. The molecule has 0 fully saturated rings. The largest absolute Gasteiger partial charge is 0.522 e. The van der Waals surface area contributed by atoms with Crippen LogP contribution in [-0.4, -0.2) is 19.0 Å². The summed E-state index contributed by atoms with van der Waals surface area (Å²) >= 11 is 0.